The molecule has 1 aromatic carbocycles. The van der Waals surface area contributed by atoms with Crippen molar-refractivity contribution in [3.05, 3.63) is 51.8 Å². The van der Waals surface area contributed by atoms with E-state index in [-0.39, 0.29) is 11.4 Å². The number of anilines is 1. The zero-order valence-electron chi connectivity index (χ0n) is 11.6. The molecule has 1 aromatic heterocycles. The van der Waals surface area contributed by atoms with Crippen molar-refractivity contribution in [1.29, 1.82) is 0 Å². The molecule has 0 saturated heterocycles. The Kier molecular flexibility index (Phi) is 3.99. The first-order valence-corrected chi connectivity index (χ1v) is 6.18. The van der Waals surface area contributed by atoms with Gasteiger partial charge in [-0.2, -0.15) is 5.10 Å². The maximum Gasteiger partial charge on any atom is 0.293 e. The highest BCUT2D eigenvalue weighted by molar-refractivity contribution is 5.97. The monoisotopic (exact) mass is 289 g/mol. The summed E-state index contributed by atoms with van der Waals surface area (Å²) in [5, 5.41) is 17.4. The molecule has 1 heterocycles. The Bertz CT molecular complexity index is 695. The molecule has 8 nitrogen and oxygen atoms in total. The molecule has 0 radical (unpaired) electrons. The minimum atomic E-state index is -0.945. The van der Waals surface area contributed by atoms with Crippen LogP contribution in [0.25, 0.3) is 0 Å². The third-order valence-electron chi connectivity index (χ3n) is 2.97. The van der Waals surface area contributed by atoms with Crippen molar-refractivity contribution in [1.82, 2.24) is 9.78 Å². The van der Waals surface area contributed by atoms with Crippen LogP contribution in [-0.4, -0.2) is 20.6 Å². The minimum absolute atomic E-state index is 0.120. The highest BCUT2D eigenvalue weighted by Crippen LogP contribution is 2.26. The van der Waals surface area contributed by atoms with Gasteiger partial charge in [0.05, 0.1) is 11.1 Å². The number of nitro benzene ring substituents is 1. The van der Waals surface area contributed by atoms with Crippen LogP contribution < -0.4 is 11.1 Å². The molecule has 0 fully saturated rings. The van der Waals surface area contributed by atoms with Crippen molar-refractivity contribution in [2.45, 2.75) is 13.0 Å². The average Bonchev–Trinajstić information content (AvgIpc) is 2.86. The summed E-state index contributed by atoms with van der Waals surface area (Å²) in [5.41, 5.74) is 7.04. The molecule has 0 aliphatic carbocycles. The molecule has 110 valence electrons. The molecule has 1 unspecified atom stereocenters. The van der Waals surface area contributed by atoms with Gasteiger partial charge in [0.25, 0.3) is 5.69 Å². The number of nitrogens with one attached hydrogen (secondary N) is 1. The number of amides is 1. The normalized spacial score (nSPS) is 12.0. The fourth-order valence-corrected chi connectivity index (χ4v) is 1.86. The summed E-state index contributed by atoms with van der Waals surface area (Å²) in [6, 6.07) is 3.62. The van der Waals surface area contributed by atoms with Crippen LogP contribution in [-0.2, 0) is 11.8 Å². The van der Waals surface area contributed by atoms with Crippen LogP contribution in [0.4, 0.5) is 11.4 Å². The average molecular weight is 289 g/mol. The highest BCUT2D eigenvalue weighted by Gasteiger charge is 2.21. The smallest absolute Gasteiger partial charge is 0.293 e. The van der Waals surface area contributed by atoms with Crippen LogP contribution in [0.15, 0.2) is 30.6 Å². The van der Waals surface area contributed by atoms with E-state index < -0.39 is 16.9 Å². The number of nitrogens with two attached hydrogens (primary N) is 1. The fourth-order valence-electron chi connectivity index (χ4n) is 1.86. The van der Waals surface area contributed by atoms with E-state index in [9.17, 15) is 14.9 Å². The van der Waals surface area contributed by atoms with Crippen LogP contribution in [0.1, 0.15) is 17.2 Å². The summed E-state index contributed by atoms with van der Waals surface area (Å²) < 4.78 is 1.52. The SMILES string of the molecule is Cc1ccc(NC(=O)C(N)c2cnn(C)c2)c([N+](=O)[O-])c1. The summed E-state index contributed by atoms with van der Waals surface area (Å²) in [4.78, 5) is 22.6. The van der Waals surface area contributed by atoms with E-state index in [2.05, 4.69) is 10.4 Å². The lowest BCUT2D eigenvalue weighted by Gasteiger charge is -2.11. The molecule has 0 spiro atoms. The van der Waals surface area contributed by atoms with Gasteiger partial charge in [0.1, 0.15) is 11.7 Å². The molecule has 1 atom stereocenters. The molecule has 2 rings (SSSR count). The second kappa shape index (κ2) is 5.71. The molecular formula is C13H15N5O3. The van der Waals surface area contributed by atoms with E-state index in [4.69, 9.17) is 5.73 Å². The van der Waals surface area contributed by atoms with Crippen LogP contribution in [0.5, 0.6) is 0 Å². The predicted molar refractivity (Wildman–Crippen MR) is 76.6 cm³/mol. The Labute approximate surface area is 120 Å². The highest BCUT2D eigenvalue weighted by atomic mass is 16.6. The summed E-state index contributed by atoms with van der Waals surface area (Å²) in [5.74, 6) is -0.532. The van der Waals surface area contributed by atoms with Gasteiger partial charge in [0, 0.05) is 24.9 Å². The first-order valence-electron chi connectivity index (χ1n) is 6.18. The summed E-state index contributed by atoms with van der Waals surface area (Å²) in [6.07, 6.45) is 3.10. The summed E-state index contributed by atoms with van der Waals surface area (Å²) in [7, 11) is 1.71. The van der Waals surface area contributed by atoms with Gasteiger partial charge in [0.15, 0.2) is 0 Å². The van der Waals surface area contributed by atoms with Crippen LogP contribution in [0.2, 0.25) is 0 Å². The van der Waals surface area contributed by atoms with Gasteiger partial charge in [-0.15, -0.1) is 0 Å². The summed E-state index contributed by atoms with van der Waals surface area (Å²) in [6.45, 7) is 1.74. The van der Waals surface area contributed by atoms with Crippen LogP contribution in [0, 0.1) is 17.0 Å². The molecule has 0 aliphatic heterocycles. The molecule has 21 heavy (non-hydrogen) atoms. The van der Waals surface area contributed by atoms with Crippen molar-refractivity contribution in [2.24, 2.45) is 12.8 Å². The quantitative estimate of drug-likeness (QED) is 0.649. The summed E-state index contributed by atoms with van der Waals surface area (Å²) >= 11 is 0. The molecule has 1 amide bonds. The van der Waals surface area contributed by atoms with E-state index in [0.29, 0.717) is 5.56 Å². The number of nitro groups is 1. The van der Waals surface area contributed by atoms with Crippen molar-refractivity contribution >= 4 is 17.3 Å². The van der Waals surface area contributed by atoms with Gasteiger partial charge >= 0.3 is 0 Å². The number of carbonyl (C=O) groups excluding carboxylic acids is 1. The first-order chi connectivity index (χ1) is 9.88. The zero-order valence-corrected chi connectivity index (χ0v) is 11.6. The molecule has 3 N–H and O–H groups in total. The van der Waals surface area contributed by atoms with Crippen molar-refractivity contribution in [2.75, 3.05) is 5.32 Å². The van der Waals surface area contributed by atoms with E-state index >= 15 is 0 Å². The van der Waals surface area contributed by atoms with Gasteiger partial charge in [-0.3, -0.25) is 19.6 Å². The molecule has 0 saturated carbocycles. The fraction of sp³-hybridized carbons (Fsp3) is 0.231. The topological polar surface area (TPSA) is 116 Å². The van der Waals surface area contributed by atoms with Crippen molar-refractivity contribution < 1.29 is 9.72 Å². The third kappa shape index (κ3) is 3.23. The van der Waals surface area contributed by atoms with Gasteiger partial charge < -0.3 is 11.1 Å². The molecule has 8 heteroatoms. The van der Waals surface area contributed by atoms with E-state index in [1.165, 1.54) is 23.0 Å². The Balaban J connectivity index is 2.22. The molecule has 0 aliphatic rings. The minimum Gasteiger partial charge on any atom is -0.319 e. The number of hydrogen-bond acceptors (Lipinski definition) is 5. The number of nitrogens with zero attached hydrogens (tertiary/aromatic N) is 3. The van der Waals surface area contributed by atoms with Gasteiger partial charge in [-0.25, -0.2) is 0 Å². The number of carbonyl (C=O) groups is 1. The second-order valence-corrected chi connectivity index (χ2v) is 4.69. The van der Waals surface area contributed by atoms with Gasteiger partial charge in [0.2, 0.25) is 5.91 Å². The number of benzene rings is 1. The lowest BCUT2D eigenvalue weighted by Crippen LogP contribution is -2.27. The number of rotatable bonds is 4. The Morgan fingerprint density at radius 3 is 2.81 bits per heavy atom. The van der Waals surface area contributed by atoms with Crippen LogP contribution >= 0.6 is 0 Å². The van der Waals surface area contributed by atoms with Crippen molar-refractivity contribution in [3.63, 3.8) is 0 Å². The lowest BCUT2D eigenvalue weighted by atomic mass is 10.1. The molecule has 0 bridgehead atoms. The van der Waals surface area contributed by atoms with Gasteiger partial charge in [-0.05, 0) is 18.6 Å². The van der Waals surface area contributed by atoms with E-state index in [0.717, 1.165) is 5.56 Å². The second-order valence-electron chi connectivity index (χ2n) is 4.69. The van der Waals surface area contributed by atoms with E-state index in [1.54, 1.807) is 26.2 Å². The standard InChI is InChI=1S/C13H15N5O3/c1-8-3-4-10(11(5-8)18(20)21)16-13(19)12(14)9-6-15-17(2)7-9/h3-7,12H,14H2,1-2H3,(H,16,19). The third-order valence-corrected chi connectivity index (χ3v) is 2.97. The first kappa shape index (κ1) is 14.7. The number of aromatic nitrogens is 2. The Morgan fingerprint density at radius 2 is 2.24 bits per heavy atom. The van der Waals surface area contributed by atoms with Crippen LogP contribution in [0.3, 0.4) is 0 Å². The largest absolute Gasteiger partial charge is 0.319 e. The van der Waals surface area contributed by atoms with Crippen molar-refractivity contribution in [3.8, 4) is 0 Å². The lowest BCUT2D eigenvalue weighted by molar-refractivity contribution is -0.384. The van der Waals surface area contributed by atoms with E-state index in [1.807, 2.05) is 0 Å². The maximum atomic E-state index is 12.1. The number of aryl methyl sites for hydroxylation is 2. The molecular weight excluding hydrogens is 274 g/mol. The number of hydrogen-bond donors (Lipinski definition) is 2. The Morgan fingerprint density at radius 1 is 1.52 bits per heavy atom. The Hall–Kier alpha value is -2.74. The zero-order chi connectivity index (χ0) is 15.6. The molecule has 2 aromatic rings. The predicted octanol–water partition coefficient (Wildman–Crippen LogP) is 1.28. The van der Waals surface area contributed by atoms with Gasteiger partial charge in [-0.1, -0.05) is 6.07 Å². The maximum absolute atomic E-state index is 12.1.